The second-order valence-corrected chi connectivity index (χ2v) is 7.94. The van der Waals surface area contributed by atoms with Crippen molar-refractivity contribution < 1.29 is 0 Å². The fraction of sp³-hybridized carbons (Fsp3) is 0.333. The Kier molecular flexibility index (Phi) is 2.67. The first-order chi connectivity index (χ1) is 10.8. The fourth-order valence-electron chi connectivity index (χ4n) is 4.63. The lowest BCUT2D eigenvalue weighted by atomic mass is 9.81. The maximum Gasteiger partial charge on any atom is 0.194 e. The second kappa shape index (κ2) is 4.32. The Morgan fingerprint density at radius 1 is 0.957 bits per heavy atom. The predicted octanol–water partition coefficient (Wildman–Crippen LogP) is 5.90. The summed E-state index contributed by atoms with van der Waals surface area (Å²) in [4.78, 5) is 8.47. The van der Waals surface area contributed by atoms with E-state index < -0.39 is 0 Å². The van der Waals surface area contributed by atoms with Crippen LogP contribution >= 0.6 is 0 Å². The molecular formula is C21H20N2. The molecule has 1 aliphatic carbocycles. The van der Waals surface area contributed by atoms with E-state index in [0.29, 0.717) is 5.69 Å². The fourth-order valence-corrected chi connectivity index (χ4v) is 4.63. The van der Waals surface area contributed by atoms with Gasteiger partial charge in [0.2, 0.25) is 0 Å². The molecule has 0 saturated heterocycles. The highest BCUT2D eigenvalue weighted by Gasteiger charge is 2.43. The minimum atomic E-state index is 0.144. The van der Waals surface area contributed by atoms with E-state index in [-0.39, 0.29) is 10.8 Å². The quantitative estimate of drug-likeness (QED) is 0.373. The number of pyridine rings is 1. The summed E-state index contributed by atoms with van der Waals surface area (Å²) in [5, 5.41) is 3.32. The monoisotopic (exact) mass is 300 g/mol. The van der Waals surface area contributed by atoms with Gasteiger partial charge in [-0.3, -0.25) is 4.98 Å². The Morgan fingerprint density at radius 3 is 2.43 bits per heavy atom. The molecule has 2 heteroatoms. The van der Waals surface area contributed by atoms with Crippen LogP contribution in [0.15, 0.2) is 36.5 Å². The largest absolute Gasteiger partial charge is 0.255 e. The summed E-state index contributed by atoms with van der Waals surface area (Å²) in [6.45, 7) is 16.7. The van der Waals surface area contributed by atoms with Gasteiger partial charge < -0.3 is 0 Å². The zero-order chi connectivity index (χ0) is 16.4. The first-order valence-corrected chi connectivity index (χ1v) is 8.08. The van der Waals surface area contributed by atoms with Crippen LogP contribution in [-0.2, 0) is 10.8 Å². The van der Waals surface area contributed by atoms with Crippen molar-refractivity contribution in [3.63, 3.8) is 0 Å². The molecule has 1 aromatic heterocycles. The van der Waals surface area contributed by atoms with E-state index in [1.807, 2.05) is 12.1 Å². The molecule has 0 fully saturated rings. The van der Waals surface area contributed by atoms with Crippen LogP contribution in [0.3, 0.4) is 0 Å². The van der Waals surface area contributed by atoms with E-state index in [1.54, 1.807) is 0 Å². The Bertz CT molecular complexity index is 1000. The molecule has 4 rings (SSSR count). The number of aromatic nitrogens is 1. The van der Waals surface area contributed by atoms with Crippen molar-refractivity contribution in [3.05, 3.63) is 59.1 Å². The summed E-state index contributed by atoms with van der Waals surface area (Å²) in [5.41, 5.74) is 4.83. The average molecular weight is 300 g/mol. The molecule has 3 aromatic rings. The molecule has 23 heavy (non-hydrogen) atoms. The SMILES string of the molecule is [C-]#[N+]c1cccc2c1ccc1c3c(cnc12)C(C)(C)CC3(C)C. The van der Waals surface area contributed by atoms with E-state index in [2.05, 4.69) is 56.9 Å². The highest BCUT2D eigenvalue weighted by molar-refractivity contribution is 6.10. The number of fused-ring (bicyclic) bond motifs is 5. The van der Waals surface area contributed by atoms with Crippen LogP contribution in [0, 0.1) is 6.57 Å². The van der Waals surface area contributed by atoms with Gasteiger partial charge in [-0.1, -0.05) is 58.0 Å². The van der Waals surface area contributed by atoms with Crippen LogP contribution in [0.1, 0.15) is 45.2 Å². The van der Waals surface area contributed by atoms with Crippen LogP contribution in [-0.4, -0.2) is 4.98 Å². The molecule has 0 radical (unpaired) electrons. The van der Waals surface area contributed by atoms with E-state index in [1.165, 1.54) is 16.5 Å². The Morgan fingerprint density at radius 2 is 1.70 bits per heavy atom. The molecule has 1 heterocycles. The number of benzene rings is 2. The Hall–Kier alpha value is -2.40. The van der Waals surface area contributed by atoms with Crippen LogP contribution in [0.5, 0.6) is 0 Å². The summed E-state index contributed by atoms with van der Waals surface area (Å²) < 4.78 is 0. The maximum atomic E-state index is 7.38. The van der Waals surface area contributed by atoms with E-state index in [0.717, 1.165) is 22.7 Å². The van der Waals surface area contributed by atoms with E-state index in [9.17, 15) is 0 Å². The third-order valence-corrected chi connectivity index (χ3v) is 5.28. The van der Waals surface area contributed by atoms with Crippen LogP contribution in [0.2, 0.25) is 0 Å². The van der Waals surface area contributed by atoms with Gasteiger partial charge in [0.05, 0.1) is 12.1 Å². The minimum absolute atomic E-state index is 0.144. The minimum Gasteiger partial charge on any atom is -0.255 e. The Labute approximate surface area is 137 Å². The molecule has 2 aromatic carbocycles. The first kappa shape index (κ1) is 14.2. The summed E-state index contributed by atoms with van der Waals surface area (Å²) in [6.07, 6.45) is 3.20. The highest BCUT2D eigenvalue weighted by atomic mass is 14.7. The first-order valence-electron chi connectivity index (χ1n) is 8.08. The summed E-state index contributed by atoms with van der Waals surface area (Å²) >= 11 is 0. The summed E-state index contributed by atoms with van der Waals surface area (Å²) in [6, 6.07) is 10.2. The van der Waals surface area contributed by atoms with Crippen molar-refractivity contribution >= 4 is 27.4 Å². The smallest absolute Gasteiger partial charge is 0.194 e. The molecule has 0 N–H and O–H groups in total. The zero-order valence-electron chi connectivity index (χ0n) is 14.1. The van der Waals surface area contributed by atoms with Crippen LogP contribution in [0.4, 0.5) is 5.69 Å². The van der Waals surface area contributed by atoms with Crippen molar-refractivity contribution in [2.75, 3.05) is 0 Å². The molecule has 0 unspecified atom stereocenters. The molecule has 114 valence electrons. The third kappa shape index (κ3) is 1.83. The van der Waals surface area contributed by atoms with Gasteiger partial charge in [0, 0.05) is 11.6 Å². The lowest BCUT2D eigenvalue weighted by molar-refractivity contribution is 0.404. The summed E-state index contributed by atoms with van der Waals surface area (Å²) in [7, 11) is 0. The average Bonchev–Trinajstić information content (AvgIpc) is 2.71. The molecule has 2 nitrogen and oxygen atoms in total. The van der Waals surface area contributed by atoms with Crippen molar-refractivity contribution in [2.24, 2.45) is 0 Å². The lowest BCUT2D eigenvalue weighted by Crippen LogP contribution is -2.18. The Balaban J connectivity index is 2.18. The molecule has 0 spiro atoms. The van der Waals surface area contributed by atoms with E-state index in [4.69, 9.17) is 11.6 Å². The normalized spacial score (nSPS) is 18.0. The van der Waals surface area contributed by atoms with Crippen molar-refractivity contribution in [3.8, 4) is 0 Å². The van der Waals surface area contributed by atoms with Gasteiger partial charge >= 0.3 is 0 Å². The van der Waals surface area contributed by atoms with E-state index >= 15 is 0 Å². The molecule has 0 amide bonds. The molecule has 0 atom stereocenters. The molecule has 0 aliphatic heterocycles. The topological polar surface area (TPSA) is 17.2 Å². The van der Waals surface area contributed by atoms with Crippen LogP contribution < -0.4 is 0 Å². The predicted molar refractivity (Wildman–Crippen MR) is 96.2 cm³/mol. The van der Waals surface area contributed by atoms with Crippen molar-refractivity contribution in [1.82, 2.24) is 4.98 Å². The molecule has 0 bridgehead atoms. The zero-order valence-corrected chi connectivity index (χ0v) is 14.1. The van der Waals surface area contributed by atoms with Gasteiger partial charge in [-0.25, -0.2) is 4.85 Å². The van der Waals surface area contributed by atoms with Crippen LogP contribution in [0.25, 0.3) is 26.5 Å². The molecule has 1 aliphatic rings. The number of hydrogen-bond donors (Lipinski definition) is 0. The van der Waals surface area contributed by atoms with Gasteiger partial charge in [0.1, 0.15) is 0 Å². The lowest BCUT2D eigenvalue weighted by Gasteiger charge is -2.23. The van der Waals surface area contributed by atoms with Gasteiger partial charge in [0.25, 0.3) is 0 Å². The standard InChI is InChI=1S/C21H20N2/c1-20(2)12-21(3,4)18-15-10-9-13-14(7-6-8-17(13)22-5)19(15)23-11-16(18)20/h6-11H,12H2,1-4H3. The number of rotatable bonds is 0. The number of hydrogen-bond acceptors (Lipinski definition) is 1. The van der Waals surface area contributed by atoms with Gasteiger partial charge in [-0.2, -0.15) is 0 Å². The highest BCUT2D eigenvalue weighted by Crippen LogP contribution is 2.51. The molecule has 0 saturated carbocycles. The second-order valence-electron chi connectivity index (χ2n) is 7.94. The van der Waals surface area contributed by atoms with Gasteiger partial charge in [-0.15, -0.1) is 0 Å². The van der Waals surface area contributed by atoms with Crippen molar-refractivity contribution in [2.45, 2.75) is 44.9 Å². The molecular weight excluding hydrogens is 280 g/mol. The third-order valence-electron chi connectivity index (χ3n) is 5.28. The van der Waals surface area contributed by atoms with Crippen molar-refractivity contribution in [1.29, 1.82) is 0 Å². The van der Waals surface area contributed by atoms with Gasteiger partial charge in [0.15, 0.2) is 5.69 Å². The summed E-state index contributed by atoms with van der Waals surface area (Å²) in [5.74, 6) is 0. The number of nitrogens with zero attached hydrogens (tertiary/aromatic N) is 2. The maximum absolute atomic E-state index is 7.38. The van der Waals surface area contributed by atoms with Gasteiger partial charge in [-0.05, 0) is 39.2 Å².